The second-order valence-corrected chi connectivity index (χ2v) is 8.49. The van der Waals surface area contributed by atoms with Gasteiger partial charge < -0.3 is 14.8 Å². The number of rotatable bonds is 6. The smallest absolute Gasteiger partial charge is 0.344 e. The fraction of sp³-hybridized carbons (Fsp3) is 0.409. The molecule has 152 valence electrons. The molecule has 7 heteroatoms. The maximum atomic E-state index is 12.2. The number of hydrogen-bond acceptors (Lipinski definition) is 6. The predicted molar refractivity (Wildman–Crippen MR) is 111 cm³/mol. The summed E-state index contributed by atoms with van der Waals surface area (Å²) in [4.78, 5) is 25.3. The molecule has 0 saturated heterocycles. The van der Waals surface area contributed by atoms with E-state index < -0.39 is 18.5 Å². The van der Waals surface area contributed by atoms with Gasteiger partial charge in [0.15, 0.2) is 13.2 Å². The Hall–Kier alpha value is -2.85. The standard InChI is InChI=1S/C22H24N2O4S/c1-13-7-8-16-17(10-23)22(29-18(16)9-13)24-19(25)11-27-20(26)12-28-21-14(2)5-4-6-15(21)3/h4-6,13H,7-9,11-12H2,1-3H3,(H,24,25)/t13-/m0/s1. The maximum absolute atomic E-state index is 12.2. The van der Waals surface area contributed by atoms with Gasteiger partial charge in [0.2, 0.25) is 0 Å². The summed E-state index contributed by atoms with van der Waals surface area (Å²) in [6.07, 6.45) is 2.83. The number of thiophene rings is 1. The zero-order valence-electron chi connectivity index (χ0n) is 16.8. The molecule has 1 aromatic carbocycles. The number of amides is 1. The SMILES string of the molecule is Cc1cccc(C)c1OCC(=O)OCC(=O)Nc1sc2c(c1C#N)CC[C@H](C)C2. The molecule has 1 amide bonds. The Labute approximate surface area is 174 Å². The van der Waals surface area contributed by atoms with E-state index in [1.54, 1.807) is 0 Å². The minimum absolute atomic E-state index is 0.270. The van der Waals surface area contributed by atoms with Crippen LogP contribution in [-0.2, 0) is 27.2 Å². The first-order valence-corrected chi connectivity index (χ1v) is 10.4. The lowest BCUT2D eigenvalue weighted by molar-refractivity contribution is -0.149. The number of ether oxygens (including phenoxy) is 2. The second kappa shape index (κ2) is 9.10. The van der Waals surface area contributed by atoms with E-state index in [1.807, 2.05) is 32.0 Å². The van der Waals surface area contributed by atoms with Crippen LogP contribution >= 0.6 is 11.3 Å². The molecular weight excluding hydrogens is 388 g/mol. The van der Waals surface area contributed by atoms with Crippen LogP contribution in [0, 0.1) is 31.1 Å². The lowest BCUT2D eigenvalue weighted by Gasteiger charge is -2.17. The summed E-state index contributed by atoms with van der Waals surface area (Å²) >= 11 is 1.44. The Morgan fingerprint density at radius 3 is 2.69 bits per heavy atom. The molecule has 0 radical (unpaired) electrons. The van der Waals surface area contributed by atoms with Crippen molar-refractivity contribution >= 4 is 28.2 Å². The second-order valence-electron chi connectivity index (χ2n) is 7.39. The zero-order valence-corrected chi connectivity index (χ0v) is 17.6. The van der Waals surface area contributed by atoms with Crippen molar-refractivity contribution in [2.75, 3.05) is 18.5 Å². The van der Waals surface area contributed by atoms with Gasteiger partial charge in [-0.05, 0) is 55.7 Å². The molecule has 3 rings (SSSR count). The number of nitrogens with zero attached hydrogens (tertiary/aromatic N) is 1. The van der Waals surface area contributed by atoms with Crippen LogP contribution < -0.4 is 10.1 Å². The largest absolute Gasteiger partial charge is 0.481 e. The fourth-order valence-corrected chi connectivity index (χ4v) is 4.84. The number of benzene rings is 1. The molecule has 2 aromatic rings. The molecule has 6 nitrogen and oxygen atoms in total. The van der Waals surface area contributed by atoms with E-state index in [2.05, 4.69) is 18.3 Å². The van der Waals surface area contributed by atoms with E-state index in [4.69, 9.17) is 9.47 Å². The van der Waals surface area contributed by atoms with E-state index >= 15 is 0 Å². The van der Waals surface area contributed by atoms with Crippen LogP contribution in [0.4, 0.5) is 5.00 Å². The topological polar surface area (TPSA) is 88.4 Å². The number of nitriles is 1. The van der Waals surface area contributed by atoms with E-state index in [9.17, 15) is 14.9 Å². The minimum atomic E-state index is -0.623. The third-order valence-corrected chi connectivity index (χ3v) is 6.15. The Bertz CT molecular complexity index is 954. The summed E-state index contributed by atoms with van der Waals surface area (Å²) < 4.78 is 10.6. The van der Waals surface area contributed by atoms with Crippen molar-refractivity contribution in [3.63, 3.8) is 0 Å². The molecule has 1 aliphatic carbocycles. The number of fused-ring (bicyclic) bond motifs is 1. The molecule has 1 heterocycles. The first-order chi connectivity index (χ1) is 13.9. The molecule has 1 aromatic heterocycles. The van der Waals surface area contributed by atoms with Crippen LogP contribution in [0.15, 0.2) is 18.2 Å². The summed E-state index contributed by atoms with van der Waals surface area (Å²) in [7, 11) is 0. The van der Waals surface area contributed by atoms with Gasteiger partial charge in [0, 0.05) is 4.88 Å². The van der Waals surface area contributed by atoms with Crippen LogP contribution in [0.2, 0.25) is 0 Å². The number of anilines is 1. The van der Waals surface area contributed by atoms with Crippen molar-refractivity contribution in [1.29, 1.82) is 5.26 Å². The van der Waals surface area contributed by atoms with Gasteiger partial charge in [0.25, 0.3) is 5.91 Å². The number of nitrogens with one attached hydrogen (secondary N) is 1. The van der Waals surface area contributed by atoms with E-state index in [1.165, 1.54) is 11.3 Å². The van der Waals surface area contributed by atoms with Gasteiger partial charge in [-0.25, -0.2) is 4.79 Å². The molecule has 1 N–H and O–H groups in total. The molecule has 0 fully saturated rings. The van der Waals surface area contributed by atoms with Gasteiger partial charge in [-0.2, -0.15) is 5.26 Å². The maximum Gasteiger partial charge on any atom is 0.344 e. The first-order valence-electron chi connectivity index (χ1n) is 9.58. The molecule has 29 heavy (non-hydrogen) atoms. The normalized spacial score (nSPS) is 15.2. The number of hydrogen-bond donors (Lipinski definition) is 1. The Morgan fingerprint density at radius 1 is 1.28 bits per heavy atom. The lowest BCUT2D eigenvalue weighted by Crippen LogP contribution is -2.23. The highest BCUT2D eigenvalue weighted by Crippen LogP contribution is 2.39. The molecule has 0 bridgehead atoms. The van der Waals surface area contributed by atoms with Crippen LogP contribution in [0.1, 0.15) is 40.5 Å². The van der Waals surface area contributed by atoms with E-state index in [0.717, 1.165) is 40.8 Å². The molecule has 0 aliphatic heterocycles. The first kappa shape index (κ1) is 20.9. The van der Waals surface area contributed by atoms with Crippen molar-refractivity contribution in [3.8, 4) is 11.8 Å². The van der Waals surface area contributed by atoms with Gasteiger partial charge in [-0.15, -0.1) is 11.3 Å². The van der Waals surface area contributed by atoms with Gasteiger partial charge >= 0.3 is 5.97 Å². The highest BCUT2D eigenvalue weighted by Gasteiger charge is 2.24. The quantitative estimate of drug-likeness (QED) is 0.727. The number of esters is 1. The van der Waals surface area contributed by atoms with Gasteiger partial charge in [-0.3, -0.25) is 4.79 Å². The summed E-state index contributed by atoms with van der Waals surface area (Å²) in [5, 5.41) is 12.7. The van der Waals surface area contributed by atoms with Gasteiger partial charge in [0.1, 0.15) is 16.8 Å². The predicted octanol–water partition coefficient (Wildman–Crippen LogP) is 3.92. The van der Waals surface area contributed by atoms with Crippen LogP contribution in [-0.4, -0.2) is 25.1 Å². The van der Waals surface area contributed by atoms with Crippen molar-refractivity contribution in [2.45, 2.75) is 40.0 Å². The minimum Gasteiger partial charge on any atom is -0.481 e. The van der Waals surface area contributed by atoms with Crippen molar-refractivity contribution in [1.82, 2.24) is 0 Å². The number of carbonyl (C=O) groups excluding carboxylic acids is 2. The Morgan fingerprint density at radius 2 is 2.00 bits per heavy atom. The summed E-state index contributed by atoms with van der Waals surface area (Å²) in [5.74, 6) is 0.135. The van der Waals surface area contributed by atoms with E-state index in [-0.39, 0.29) is 6.61 Å². The highest BCUT2D eigenvalue weighted by atomic mass is 32.1. The number of para-hydroxylation sites is 1. The van der Waals surface area contributed by atoms with Crippen LogP contribution in [0.3, 0.4) is 0 Å². The average molecular weight is 413 g/mol. The molecule has 0 saturated carbocycles. The molecule has 1 aliphatic rings. The van der Waals surface area contributed by atoms with Crippen LogP contribution in [0.25, 0.3) is 0 Å². The van der Waals surface area contributed by atoms with Crippen LogP contribution in [0.5, 0.6) is 5.75 Å². The van der Waals surface area contributed by atoms with Gasteiger partial charge in [0.05, 0.1) is 5.56 Å². The molecule has 0 unspecified atom stereocenters. The lowest BCUT2D eigenvalue weighted by atomic mass is 9.89. The Kier molecular flexibility index (Phi) is 6.55. The zero-order chi connectivity index (χ0) is 21.0. The summed E-state index contributed by atoms with van der Waals surface area (Å²) in [5.41, 5.74) is 3.44. The van der Waals surface area contributed by atoms with Gasteiger partial charge in [-0.1, -0.05) is 25.1 Å². The van der Waals surface area contributed by atoms with E-state index in [0.29, 0.717) is 22.2 Å². The van der Waals surface area contributed by atoms with Crippen molar-refractivity contribution < 1.29 is 19.1 Å². The number of aryl methyl sites for hydroxylation is 2. The summed E-state index contributed by atoms with van der Waals surface area (Å²) in [6.45, 7) is 5.30. The monoisotopic (exact) mass is 412 g/mol. The number of carbonyl (C=O) groups is 2. The fourth-order valence-electron chi connectivity index (χ4n) is 3.47. The summed E-state index contributed by atoms with van der Waals surface area (Å²) in [6, 6.07) is 7.92. The van der Waals surface area contributed by atoms with Crippen molar-refractivity contribution in [2.24, 2.45) is 5.92 Å². The highest BCUT2D eigenvalue weighted by molar-refractivity contribution is 7.16. The molecule has 0 spiro atoms. The third-order valence-electron chi connectivity index (χ3n) is 4.98. The molecular formula is C22H24N2O4S. The third kappa shape index (κ3) is 4.96. The average Bonchev–Trinajstić information content (AvgIpc) is 3.01. The molecule has 1 atom stereocenters. The Balaban J connectivity index is 1.53. The van der Waals surface area contributed by atoms with Crippen molar-refractivity contribution in [3.05, 3.63) is 45.3 Å².